The summed E-state index contributed by atoms with van der Waals surface area (Å²) in [6.07, 6.45) is 2.81. The van der Waals surface area contributed by atoms with Gasteiger partial charge in [-0.3, -0.25) is 29.0 Å². The van der Waals surface area contributed by atoms with Crippen LogP contribution < -0.4 is 15.1 Å². The summed E-state index contributed by atoms with van der Waals surface area (Å²) in [5.41, 5.74) is 4.94. The van der Waals surface area contributed by atoms with Gasteiger partial charge in [0.25, 0.3) is 11.8 Å². The van der Waals surface area contributed by atoms with Crippen LogP contribution in [-0.2, 0) is 32.5 Å². The summed E-state index contributed by atoms with van der Waals surface area (Å²) < 4.78 is 27.6. The third-order valence-electron chi connectivity index (χ3n) is 13.8. The quantitative estimate of drug-likeness (QED) is 0.328. The first kappa shape index (κ1) is 40.4. The molecule has 3 aromatic carbocycles. The third kappa shape index (κ3) is 7.21. The van der Waals surface area contributed by atoms with Crippen LogP contribution in [0.2, 0.25) is 5.02 Å². The summed E-state index contributed by atoms with van der Waals surface area (Å²) in [4.78, 5) is 61.6. The van der Waals surface area contributed by atoms with E-state index in [1.165, 1.54) is 0 Å². The van der Waals surface area contributed by atoms with E-state index >= 15 is 0 Å². The lowest BCUT2D eigenvalue weighted by atomic mass is 9.76. The summed E-state index contributed by atoms with van der Waals surface area (Å²) in [6.45, 7) is 6.59. The van der Waals surface area contributed by atoms with Crippen LogP contribution in [0.25, 0.3) is 0 Å². The maximum atomic E-state index is 13.8. The molecule has 6 aliphatic rings. The SMILES string of the molecule is C[C@H]1CC2(CCN(c3ccc(S(=O)(=O)C4CCN(C(=O)CN5Cc6cc7c(cc6C5)C(=O)N(C5CCC(=O)NC5O)C7=O)CC4)cc3)CC2)CN1c1ccc(C#N)c(Cl)c1. The lowest BCUT2D eigenvalue weighted by molar-refractivity contribution is -0.133. The Kier molecular flexibility index (Phi) is 10.4. The predicted octanol–water partition coefficient (Wildman–Crippen LogP) is 4.07. The number of fused-ring (bicyclic) bond motifs is 2. The number of likely N-dealkylation sites (tertiary alicyclic amines) is 1. The second-order valence-corrected chi connectivity index (χ2v) is 20.1. The fourth-order valence-corrected chi connectivity index (χ4v) is 12.4. The van der Waals surface area contributed by atoms with E-state index in [2.05, 4.69) is 28.1 Å². The number of carbonyl (C=O) groups is 4. The van der Waals surface area contributed by atoms with Crippen LogP contribution in [0.4, 0.5) is 11.4 Å². The first-order valence-electron chi connectivity index (χ1n) is 20.8. The number of anilines is 2. The van der Waals surface area contributed by atoms with Gasteiger partial charge in [-0.05, 0) is 117 Å². The molecule has 60 heavy (non-hydrogen) atoms. The van der Waals surface area contributed by atoms with E-state index in [-0.39, 0.29) is 47.7 Å². The Hall–Kier alpha value is -5.01. The Morgan fingerprint density at radius 2 is 1.55 bits per heavy atom. The number of sulfone groups is 1. The first-order chi connectivity index (χ1) is 28.7. The highest BCUT2D eigenvalue weighted by Gasteiger charge is 2.46. The monoisotopic (exact) mass is 853 g/mol. The lowest BCUT2D eigenvalue weighted by Gasteiger charge is -2.40. The van der Waals surface area contributed by atoms with E-state index in [4.69, 9.17) is 11.6 Å². The molecule has 0 bridgehead atoms. The highest BCUT2D eigenvalue weighted by Crippen LogP contribution is 2.46. The molecule has 0 aromatic heterocycles. The molecule has 0 saturated carbocycles. The number of hydrogen-bond donors (Lipinski definition) is 2. The Morgan fingerprint density at radius 3 is 2.15 bits per heavy atom. The molecule has 4 amide bonds. The minimum Gasteiger partial charge on any atom is -0.372 e. The maximum absolute atomic E-state index is 13.8. The molecule has 3 aromatic rings. The molecule has 314 valence electrons. The van der Waals surface area contributed by atoms with Crippen LogP contribution in [0.5, 0.6) is 0 Å². The molecule has 4 fully saturated rings. The van der Waals surface area contributed by atoms with Crippen LogP contribution in [0, 0.1) is 16.7 Å². The number of aliphatic hydroxyl groups is 1. The van der Waals surface area contributed by atoms with Gasteiger partial charge in [-0.2, -0.15) is 5.26 Å². The van der Waals surface area contributed by atoms with Crippen molar-refractivity contribution in [1.29, 1.82) is 5.26 Å². The van der Waals surface area contributed by atoms with Gasteiger partial charge in [-0.25, -0.2) is 8.42 Å². The number of imide groups is 1. The molecule has 14 nitrogen and oxygen atoms in total. The van der Waals surface area contributed by atoms with Crippen LogP contribution in [-0.4, -0.2) is 115 Å². The predicted molar refractivity (Wildman–Crippen MR) is 223 cm³/mol. The van der Waals surface area contributed by atoms with E-state index < -0.39 is 39.2 Å². The number of nitriles is 1. The zero-order valence-corrected chi connectivity index (χ0v) is 35.1. The van der Waals surface area contributed by atoms with Crippen molar-refractivity contribution in [2.24, 2.45) is 5.41 Å². The Balaban J connectivity index is 0.754. The van der Waals surface area contributed by atoms with Gasteiger partial charge in [0.1, 0.15) is 12.3 Å². The number of hydrogen-bond acceptors (Lipinski definition) is 11. The number of amides is 4. The second kappa shape index (κ2) is 15.5. The molecule has 3 atom stereocenters. The van der Waals surface area contributed by atoms with E-state index in [9.17, 15) is 38.0 Å². The van der Waals surface area contributed by atoms with Crippen molar-refractivity contribution >= 4 is 56.4 Å². The molecule has 2 unspecified atom stereocenters. The molecule has 0 aliphatic carbocycles. The normalized spacial score (nSPS) is 24.5. The second-order valence-electron chi connectivity index (χ2n) is 17.5. The highest BCUT2D eigenvalue weighted by molar-refractivity contribution is 7.92. The maximum Gasteiger partial charge on any atom is 0.261 e. The fraction of sp³-hybridized carbons (Fsp3) is 0.477. The number of aliphatic hydroxyl groups excluding tert-OH is 1. The number of rotatable bonds is 7. The Bertz CT molecular complexity index is 2380. The molecule has 4 saturated heterocycles. The standard InChI is InChI=1S/C44H48ClN7O7S/c1-27-21-44(26-51(27)32-3-2-28(22-46)37(45)20-32)12-16-49(17-13-44)31-4-6-33(7-5-31)60(58,59)34-10-14-50(15-11-34)40(54)25-48-23-29-18-35-36(19-30(29)24-48)43(57)52(42(35)56)38-8-9-39(53)47-41(38)55/h2-7,18-20,27,34,38,41,55H,8-17,21,23-26H2,1H3,(H,47,53)/t27-,38?,41?/m0/s1. The summed E-state index contributed by atoms with van der Waals surface area (Å²) in [6, 6.07) is 18.0. The molecule has 16 heteroatoms. The molecule has 6 heterocycles. The topological polar surface area (TPSA) is 175 Å². The van der Waals surface area contributed by atoms with Crippen molar-refractivity contribution < 1.29 is 32.7 Å². The van der Waals surface area contributed by atoms with Gasteiger partial charge < -0.3 is 25.1 Å². The van der Waals surface area contributed by atoms with Crippen molar-refractivity contribution in [3.8, 4) is 6.07 Å². The van der Waals surface area contributed by atoms with Crippen molar-refractivity contribution in [1.82, 2.24) is 20.0 Å². The average Bonchev–Trinajstić information content (AvgIpc) is 3.86. The Labute approximate surface area is 354 Å². The lowest BCUT2D eigenvalue weighted by Crippen LogP contribution is -2.57. The number of nitrogens with zero attached hydrogens (tertiary/aromatic N) is 6. The minimum absolute atomic E-state index is 0.0936. The zero-order valence-electron chi connectivity index (χ0n) is 33.5. The van der Waals surface area contributed by atoms with Crippen LogP contribution in [0.15, 0.2) is 59.5 Å². The fourth-order valence-electron chi connectivity index (χ4n) is 10.5. The van der Waals surface area contributed by atoms with Crippen molar-refractivity contribution in [3.05, 3.63) is 87.4 Å². The zero-order chi connectivity index (χ0) is 42.1. The highest BCUT2D eigenvalue weighted by atomic mass is 35.5. The van der Waals surface area contributed by atoms with E-state index in [0.717, 1.165) is 66.3 Å². The smallest absolute Gasteiger partial charge is 0.261 e. The number of nitrogens with one attached hydrogen (secondary N) is 1. The molecule has 1 spiro atoms. The van der Waals surface area contributed by atoms with Gasteiger partial charge in [-0.1, -0.05) is 11.6 Å². The van der Waals surface area contributed by atoms with Crippen molar-refractivity contribution in [2.75, 3.05) is 49.1 Å². The molecule has 6 aliphatic heterocycles. The molecule has 9 rings (SSSR count). The van der Waals surface area contributed by atoms with Crippen molar-refractivity contribution in [3.63, 3.8) is 0 Å². The Morgan fingerprint density at radius 1 is 0.917 bits per heavy atom. The summed E-state index contributed by atoms with van der Waals surface area (Å²) in [5.74, 6) is -1.43. The molecule has 0 radical (unpaired) electrons. The largest absolute Gasteiger partial charge is 0.372 e. The number of benzene rings is 3. The summed E-state index contributed by atoms with van der Waals surface area (Å²) >= 11 is 6.36. The molecular formula is C44H48ClN7O7S. The first-order valence-corrected chi connectivity index (χ1v) is 22.7. The van der Waals surface area contributed by atoms with Gasteiger partial charge in [0, 0.05) is 69.7 Å². The summed E-state index contributed by atoms with van der Waals surface area (Å²) in [7, 11) is -3.60. The number of piperidine rings is 3. The van der Waals surface area contributed by atoms with E-state index in [1.807, 2.05) is 29.2 Å². The molecule has 2 N–H and O–H groups in total. The van der Waals surface area contributed by atoms with E-state index in [1.54, 1.807) is 35.2 Å². The molecular weight excluding hydrogens is 806 g/mol. The van der Waals surface area contributed by atoms with Gasteiger partial charge in [0.15, 0.2) is 9.84 Å². The minimum atomic E-state index is -3.60. The van der Waals surface area contributed by atoms with Crippen LogP contribution >= 0.6 is 11.6 Å². The van der Waals surface area contributed by atoms with Gasteiger partial charge in [-0.15, -0.1) is 0 Å². The van der Waals surface area contributed by atoms with Gasteiger partial charge >= 0.3 is 0 Å². The van der Waals surface area contributed by atoms with Crippen LogP contribution in [0.1, 0.15) is 89.3 Å². The number of carbonyl (C=O) groups excluding carboxylic acids is 4. The third-order valence-corrected chi connectivity index (χ3v) is 16.4. The van der Waals surface area contributed by atoms with E-state index in [0.29, 0.717) is 60.5 Å². The van der Waals surface area contributed by atoms with Gasteiger partial charge in [0.2, 0.25) is 11.8 Å². The van der Waals surface area contributed by atoms with Crippen molar-refractivity contribution in [2.45, 2.75) is 93.4 Å². The van der Waals surface area contributed by atoms with Gasteiger partial charge in [0.05, 0.1) is 44.4 Å². The number of halogens is 1. The average molecular weight is 854 g/mol. The summed E-state index contributed by atoms with van der Waals surface area (Å²) in [5, 5.41) is 22.0. The van der Waals surface area contributed by atoms with Crippen LogP contribution in [0.3, 0.4) is 0 Å².